The summed E-state index contributed by atoms with van der Waals surface area (Å²) in [4.78, 5) is 0. The van der Waals surface area contributed by atoms with Gasteiger partial charge >= 0.3 is 0 Å². The van der Waals surface area contributed by atoms with Crippen molar-refractivity contribution in [1.82, 2.24) is 0 Å². The lowest BCUT2D eigenvalue weighted by molar-refractivity contribution is 0.219. The van der Waals surface area contributed by atoms with Gasteiger partial charge in [0.1, 0.15) is 6.10 Å². The van der Waals surface area contributed by atoms with Crippen molar-refractivity contribution in [3.05, 3.63) is 46.2 Å². The molecule has 0 radical (unpaired) electrons. The summed E-state index contributed by atoms with van der Waals surface area (Å²) in [5.41, 5.74) is 1.71. The van der Waals surface area contributed by atoms with Crippen molar-refractivity contribution in [2.75, 3.05) is 13.2 Å². The average Bonchev–Trinajstić information content (AvgIpc) is 2.94. The van der Waals surface area contributed by atoms with Gasteiger partial charge in [-0.1, -0.05) is 6.07 Å². The first-order valence-electron chi connectivity index (χ1n) is 6.36. The SMILES string of the molecule is CCOc1ccc(C(O)c2ccsc2)cc1OCC. The second kappa shape index (κ2) is 6.59. The summed E-state index contributed by atoms with van der Waals surface area (Å²) in [6.07, 6.45) is -0.624. The van der Waals surface area contributed by atoms with E-state index in [2.05, 4.69) is 0 Å². The molecule has 0 aliphatic heterocycles. The third-order valence-electron chi connectivity index (χ3n) is 2.74. The summed E-state index contributed by atoms with van der Waals surface area (Å²) in [6, 6.07) is 7.48. The highest BCUT2D eigenvalue weighted by Crippen LogP contribution is 2.33. The summed E-state index contributed by atoms with van der Waals surface area (Å²) in [5, 5.41) is 14.2. The van der Waals surface area contributed by atoms with Crippen molar-refractivity contribution in [3.8, 4) is 11.5 Å². The minimum absolute atomic E-state index is 0.568. The van der Waals surface area contributed by atoms with Gasteiger partial charge in [0.15, 0.2) is 11.5 Å². The Morgan fingerprint density at radius 3 is 2.42 bits per heavy atom. The summed E-state index contributed by atoms with van der Waals surface area (Å²) in [5.74, 6) is 1.39. The van der Waals surface area contributed by atoms with Crippen LogP contribution in [0.4, 0.5) is 0 Å². The quantitative estimate of drug-likeness (QED) is 0.877. The fourth-order valence-corrected chi connectivity index (χ4v) is 2.54. The van der Waals surface area contributed by atoms with E-state index in [0.717, 1.165) is 11.1 Å². The monoisotopic (exact) mass is 278 g/mol. The summed E-state index contributed by atoms with van der Waals surface area (Å²) in [6.45, 7) is 5.02. The van der Waals surface area contributed by atoms with E-state index in [1.807, 2.05) is 48.9 Å². The van der Waals surface area contributed by atoms with Crippen molar-refractivity contribution >= 4 is 11.3 Å². The molecular formula is C15H18O3S. The topological polar surface area (TPSA) is 38.7 Å². The molecule has 0 spiro atoms. The first kappa shape index (κ1) is 13.9. The number of hydrogen-bond donors (Lipinski definition) is 1. The van der Waals surface area contributed by atoms with Gasteiger partial charge in [-0.05, 0) is 53.9 Å². The molecule has 1 unspecified atom stereocenters. The van der Waals surface area contributed by atoms with Gasteiger partial charge < -0.3 is 14.6 Å². The molecule has 2 rings (SSSR count). The molecule has 1 aromatic heterocycles. The van der Waals surface area contributed by atoms with Gasteiger partial charge in [-0.25, -0.2) is 0 Å². The van der Waals surface area contributed by atoms with Crippen LogP contribution in [0.2, 0.25) is 0 Å². The number of thiophene rings is 1. The van der Waals surface area contributed by atoms with E-state index < -0.39 is 6.10 Å². The second-order valence-electron chi connectivity index (χ2n) is 4.03. The summed E-state index contributed by atoms with van der Waals surface area (Å²) >= 11 is 1.57. The Morgan fingerprint density at radius 1 is 1.05 bits per heavy atom. The van der Waals surface area contributed by atoms with Crippen LogP contribution in [0.5, 0.6) is 11.5 Å². The zero-order valence-corrected chi connectivity index (χ0v) is 11.9. The van der Waals surface area contributed by atoms with Gasteiger partial charge in [0.25, 0.3) is 0 Å². The molecule has 4 heteroatoms. The number of hydrogen-bond acceptors (Lipinski definition) is 4. The molecular weight excluding hydrogens is 260 g/mol. The van der Waals surface area contributed by atoms with Crippen LogP contribution in [0.1, 0.15) is 31.1 Å². The van der Waals surface area contributed by atoms with Gasteiger partial charge in [0.05, 0.1) is 13.2 Å². The van der Waals surface area contributed by atoms with Crippen molar-refractivity contribution in [3.63, 3.8) is 0 Å². The molecule has 102 valence electrons. The van der Waals surface area contributed by atoms with Crippen LogP contribution in [0, 0.1) is 0 Å². The number of ether oxygens (including phenoxy) is 2. The molecule has 1 atom stereocenters. The molecule has 0 amide bonds. The third-order valence-corrected chi connectivity index (χ3v) is 3.44. The zero-order chi connectivity index (χ0) is 13.7. The summed E-state index contributed by atoms with van der Waals surface area (Å²) < 4.78 is 11.1. The molecule has 0 saturated carbocycles. The Kier molecular flexibility index (Phi) is 4.82. The van der Waals surface area contributed by atoms with Crippen LogP contribution >= 0.6 is 11.3 Å². The minimum atomic E-state index is -0.624. The van der Waals surface area contributed by atoms with Crippen LogP contribution in [0.15, 0.2) is 35.0 Å². The Hall–Kier alpha value is -1.52. The average molecular weight is 278 g/mol. The molecule has 2 aromatic rings. The van der Waals surface area contributed by atoms with Gasteiger partial charge in [0, 0.05) is 0 Å². The van der Waals surface area contributed by atoms with Crippen molar-refractivity contribution in [2.45, 2.75) is 20.0 Å². The molecule has 0 aliphatic rings. The van der Waals surface area contributed by atoms with Gasteiger partial charge in [-0.3, -0.25) is 0 Å². The van der Waals surface area contributed by atoms with Crippen molar-refractivity contribution in [2.24, 2.45) is 0 Å². The van der Waals surface area contributed by atoms with Gasteiger partial charge in [-0.15, -0.1) is 0 Å². The molecule has 0 bridgehead atoms. The molecule has 1 aromatic carbocycles. The number of benzene rings is 1. The standard InChI is InChI=1S/C15H18O3S/c1-3-17-13-6-5-11(9-14(13)18-4-2)15(16)12-7-8-19-10-12/h5-10,15-16H,3-4H2,1-2H3. The Labute approximate surface area is 117 Å². The fourth-order valence-electron chi connectivity index (χ4n) is 1.86. The largest absolute Gasteiger partial charge is 0.490 e. The molecule has 1 heterocycles. The lowest BCUT2D eigenvalue weighted by Crippen LogP contribution is -2.02. The van der Waals surface area contributed by atoms with Crippen LogP contribution < -0.4 is 9.47 Å². The maximum absolute atomic E-state index is 10.3. The Balaban J connectivity index is 2.29. The fraction of sp³-hybridized carbons (Fsp3) is 0.333. The molecule has 0 saturated heterocycles. The molecule has 3 nitrogen and oxygen atoms in total. The zero-order valence-electron chi connectivity index (χ0n) is 11.1. The predicted octanol–water partition coefficient (Wildman–Crippen LogP) is 3.63. The van der Waals surface area contributed by atoms with Crippen LogP contribution in [0.3, 0.4) is 0 Å². The first-order valence-corrected chi connectivity index (χ1v) is 7.30. The lowest BCUT2D eigenvalue weighted by Gasteiger charge is -2.15. The Bertz CT molecular complexity index is 508. The van der Waals surface area contributed by atoms with E-state index in [4.69, 9.17) is 9.47 Å². The van der Waals surface area contributed by atoms with E-state index >= 15 is 0 Å². The number of aliphatic hydroxyl groups excluding tert-OH is 1. The van der Waals surface area contributed by atoms with Crippen LogP contribution in [-0.4, -0.2) is 18.3 Å². The first-order chi connectivity index (χ1) is 9.26. The lowest BCUT2D eigenvalue weighted by atomic mass is 10.0. The van der Waals surface area contributed by atoms with Gasteiger partial charge in [0.2, 0.25) is 0 Å². The second-order valence-corrected chi connectivity index (χ2v) is 4.81. The smallest absolute Gasteiger partial charge is 0.161 e. The molecule has 0 aliphatic carbocycles. The summed E-state index contributed by atoms with van der Waals surface area (Å²) in [7, 11) is 0. The van der Waals surface area contributed by atoms with E-state index in [1.165, 1.54) is 0 Å². The van der Waals surface area contributed by atoms with E-state index in [0.29, 0.717) is 24.7 Å². The van der Waals surface area contributed by atoms with Gasteiger partial charge in [-0.2, -0.15) is 11.3 Å². The van der Waals surface area contributed by atoms with E-state index in [-0.39, 0.29) is 0 Å². The Morgan fingerprint density at radius 2 is 1.79 bits per heavy atom. The molecule has 19 heavy (non-hydrogen) atoms. The highest BCUT2D eigenvalue weighted by Gasteiger charge is 2.14. The predicted molar refractivity (Wildman–Crippen MR) is 77.2 cm³/mol. The minimum Gasteiger partial charge on any atom is -0.490 e. The van der Waals surface area contributed by atoms with E-state index in [1.54, 1.807) is 11.3 Å². The van der Waals surface area contributed by atoms with Crippen LogP contribution in [-0.2, 0) is 0 Å². The molecule has 0 fully saturated rings. The van der Waals surface area contributed by atoms with Crippen LogP contribution in [0.25, 0.3) is 0 Å². The number of rotatable bonds is 6. The maximum atomic E-state index is 10.3. The maximum Gasteiger partial charge on any atom is 0.161 e. The molecule has 1 N–H and O–H groups in total. The number of aliphatic hydroxyl groups is 1. The normalized spacial score (nSPS) is 12.2. The highest BCUT2D eigenvalue weighted by atomic mass is 32.1. The highest BCUT2D eigenvalue weighted by molar-refractivity contribution is 7.07. The third kappa shape index (κ3) is 3.28. The van der Waals surface area contributed by atoms with E-state index in [9.17, 15) is 5.11 Å². The van der Waals surface area contributed by atoms with Crippen molar-refractivity contribution < 1.29 is 14.6 Å². The van der Waals surface area contributed by atoms with Crippen molar-refractivity contribution in [1.29, 1.82) is 0 Å².